The van der Waals surface area contributed by atoms with Crippen molar-refractivity contribution in [2.45, 2.75) is 119 Å². The van der Waals surface area contributed by atoms with Gasteiger partial charge in [-0.2, -0.15) is 0 Å². The first-order chi connectivity index (χ1) is 34.8. The molecule has 2 fully saturated rings. The number of likely N-dealkylation sites (tertiary alicyclic amines) is 1. The van der Waals surface area contributed by atoms with Crippen LogP contribution in [0.3, 0.4) is 0 Å². The van der Waals surface area contributed by atoms with Crippen molar-refractivity contribution < 1.29 is 57.8 Å². The van der Waals surface area contributed by atoms with Crippen LogP contribution in [0.1, 0.15) is 75.3 Å². The van der Waals surface area contributed by atoms with Crippen LogP contribution in [0.4, 0.5) is 0 Å². The van der Waals surface area contributed by atoms with Crippen LogP contribution in [0.5, 0.6) is 5.75 Å². The van der Waals surface area contributed by atoms with Crippen molar-refractivity contribution in [1.29, 1.82) is 0 Å². The molecule has 11 amide bonds. The fourth-order valence-electron chi connectivity index (χ4n) is 8.00. The van der Waals surface area contributed by atoms with E-state index in [2.05, 4.69) is 41.9 Å². The summed E-state index contributed by atoms with van der Waals surface area (Å²) in [6.07, 6.45) is -0.0661. The van der Waals surface area contributed by atoms with E-state index in [1.54, 1.807) is 42.5 Å². The second-order valence-electron chi connectivity index (χ2n) is 17.6. The molecule has 4 rings (SSSR count). The molecular formula is C47H67N13O12S. The van der Waals surface area contributed by atoms with Crippen molar-refractivity contribution in [3.8, 4) is 5.75 Å². The quantitative estimate of drug-likeness (QED) is 0.0471. The summed E-state index contributed by atoms with van der Waals surface area (Å²) in [6, 6.07) is 4.79. The number of carbonyl (C=O) groups excluding carboxylic acids is 11. The maximum atomic E-state index is 14.5. The number of amides is 11. The highest BCUT2D eigenvalue weighted by Crippen LogP contribution is 2.21. The van der Waals surface area contributed by atoms with Crippen molar-refractivity contribution in [3.05, 3.63) is 65.7 Å². The molecule has 7 atom stereocenters. The summed E-state index contributed by atoms with van der Waals surface area (Å²) in [5.74, 6) is -9.39. The lowest BCUT2D eigenvalue weighted by Gasteiger charge is -2.31. The Labute approximate surface area is 426 Å². The predicted octanol–water partition coefficient (Wildman–Crippen LogP) is -4.02. The molecule has 0 saturated carbocycles. The third-order valence-corrected chi connectivity index (χ3v) is 12.7. The molecule has 0 radical (unpaired) electrons. The molecule has 2 aromatic rings. The molecule has 2 aromatic carbocycles. The van der Waals surface area contributed by atoms with Crippen molar-refractivity contribution in [1.82, 2.24) is 46.8 Å². The van der Waals surface area contributed by atoms with Crippen molar-refractivity contribution in [2.24, 2.45) is 22.9 Å². The van der Waals surface area contributed by atoms with Gasteiger partial charge in [0, 0.05) is 44.5 Å². The molecular weight excluding hydrogens is 971 g/mol. The average Bonchev–Trinajstić information content (AvgIpc) is 3.85. The molecule has 398 valence electrons. The van der Waals surface area contributed by atoms with Gasteiger partial charge < -0.3 is 70.2 Å². The molecule has 0 unspecified atom stereocenters. The Balaban J connectivity index is 1.68. The van der Waals surface area contributed by atoms with E-state index < -0.39 is 133 Å². The van der Waals surface area contributed by atoms with Crippen LogP contribution in [0, 0.1) is 0 Å². The molecule has 73 heavy (non-hydrogen) atoms. The zero-order chi connectivity index (χ0) is 53.5. The number of rotatable bonds is 19. The molecule has 25 nitrogen and oxygen atoms in total. The molecule has 0 bridgehead atoms. The molecule has 17 N–H and O–H groups in total. The first kappa shape index (κ1) is 58.3. The van der Waals surface area contributed by atoms with Crippen molar-refractivity contribution in [2.75, 3.05) is 31.9 Å². The van der Waals surface area contributed by atoms with Gasteiger partial charge in [-0.15, -0.1) is 0 Å². The number of phenols is 1. The zero-order valence-electron chi connectivity index (χ0n) is 40.4. The van der Waals surface area contributed by atoms with Gasteiger partial charge in [0.2, 0.25) is 65.0 Å². The Morgan fingerprint density at radius 2 is 1.34 bits per heavy atom. The molecule has 2 saturated heterocycles. The second-order valence-corrected chi connectivity index (χ2v) is 18.5. The lowest BCUT2D eigenvalue weighted by molar-refractivity contribution is -0.142. The average molecular weight is 1040 g/mol. The Kier molecular flexibility index (Phi) is 23.8. The van der Waals surface area contributed by atoms with Crippen LogP contribution >= 0.6 is 11.9 Å². The van der Waals surface area contributed by atoms with E-state index >= 15 is 0 Å². The van der Waals surface area contributed by atoms with Crippen LogP contribution in [-0.2, 0) is 65.6 Å². The number of hydrogen-bond donors (Lipinski definition) is 13. The first-order valence-corrected chi connectivity index (χ1v) is 24.9. The van der Waals surface area contributed by atoms with Crippen molar-refractivity contribution >= 4 is 76.9 Å². The fraction of sp³-hybridized carbons (Fsp3) is 0.511. The SMILES string of the molecule is NCCCC[C@H](NC(=O)[C@@H]1CCCN1C(=O)[C@@H]1CSNCCCC(=O)N[C@@H](Cc2ccc(O)cc2)C(=O)N[C@@H](Cc2ccccc2)C(=O)N[C@@H](CCC(N)=O)C(=O)N[C@@H](CC(N)=O)C(=O)N1)C(=O)NCC(N)=O. The Hall–Kier alpha value is -7.32. The molecule has 0 aliphatic carbocycles. The van der Waals surface area contributed by atoms with E-state index in [1.165, 1.54) is 17.0 Å². The van der Waals surface area contributed by atoms with E-state index in [0.717, 1.165) is 11.9 Å². The highest BCUT2D eigenvalue weighted by Gasteiger charge is 2.40. The molecule has 2 aliphatic heterocycles. The number of nitrogens with zero attached hydrogens (tertiary/aromatic N) is 1. The number of nitrogens with two attached hydrogens (primary N) is 4. The smallest absolute Gasteiger partial charge is 0.246 e. The monoisotopic (exact) mass is 1040 g/mol. The molecule has 26 heteroatoms. The zero-order valence-corrected chi connectivity index (χ0v) is 41.2. The minimum absolute atomic E-state index is 0.0327. The predicted molar refractivity (Wildman–Crippen MR) is 265 cm³/mol. The summed E-state index contributed by atoms with van der Waals surface area (Å²) in [5, 5.41) is 27.9. The molecule has 0 spiro atoms. The molecule has 2 aliphatic rings. The number of nitrogens with one attached hydrogen (secondary N) is 8. The number of aromatic hydroxyl groups is 1. The normalized spacial score (nSPS) is 22.2. The van der Waals surface area contributed by atoms with Crippen LogP contribution in [0.15, 0.2) is 54.6 Å². The lowest BCUT2D eigenvalue weighted by atomic mass is 10.0. The summed E-state index contributed by atoms with van der Waals surface area (Å²) in [7, 11) is 0. The Morgan fingerprint density at radius 1 is 0.726 bits per heavy atom. The number of unbranched alkanes of at least 4 members (excludes halogenated alkanes) is 1. The minimum atomic E-state index is -1.76. The highest BCUT2D eigenvalue weighted by molar-refractivity contribution is 7.97. The standard InChI is InChI=1S/C47H67N13O12S/c48-19-5-4-10-30(41(66)52-25-39(51)64)56-46(71)36-11-7-21-60(36)47(72)35-26-73-53-20-6-12-40(65)54-32(23-28-13-15-29(61)16-14-28)43(68)57-33(22-27-8-2-1-3-9-27)44(69)55-31(17-18-37(49)62)42(67)58-34(24-38(50)63)45(70)59-35/h1-3,8-9,13-16,30-36,53,61H,4-7,10-12,17-26,48H2,(H2,49,62)(H2,50,63)(H2,51,64)(H,52,66)(H,54,65)(H,55,69)(H,56,71)(H,57,68)(H,58,67)(H,59,70)/t30-,31-,32-,33-,34-,35-,36-/m0/s1. The second kappa shape index (κ2) is 29.9. The number of benzene rings is 2. The molecule has 0 aromatic heterocycles. The lowest BCUT2D eigenvalue weighted by Crippen LogP contribution is -2.61. The summed E-state index contributed by atoms with van der Waals surface area (Å²) in [5.41, 5.74) is 23.0. The third kappa shape index (κ3) is 20.0. The van der Waals surface area contributed by atoms with Gasteiger partial charge in [-0.3, -0.25) is 57.5 Å². The third-order valence-electron chi connectivity index (χ3n) is 11.8. The van der Waals surface area contributed by atoms with E-state index in [4.69, 9.17) is 22.9 Å². The van der Waals surface area contributed by atoms with Crippen LogP contribution in [-0.4, -0.2) is 149 Å². The molecule has 2 heterocycles. The van der Waals surface area contributed by atoms with Crippen LogP contribution < -0.4 is 64.9 Å². The number of primary amides is 3. The van der Waals surface area contributed by atoms with Gasteiger partial charge in [0.1, 0.15) is 48.0 Å². The topological polar surface area (TPSA) is 412 Å². The van der Waals surface area contributed by atoms with Crippen molar-refractivity contribution in [3.63, 3.8) is 0 Å². The van der Waals surface area contributed by atoms with Gasteiger partial charge >= 0.3 is 0 Å². The van der Waals surface area contributed by atoms with E-state index in [1.807, 2.05) is 0 Å². The van der Waals surface area contributed by atoms with Crippen LogP contribution in [0.25, 0.3) is 0 Å². The Morgan fingerprint density at radius 3 is 1.99 bits per heavy atom. The van der Waals surface area contributed by atoms with Gasteiger partial charge in [-0.05, 0) is 74.8 Å². The van der Waals surface area contributed by atoms with Gasteiger partial charge in [0.05, 0.1) is 13.0 Å². The summed E-state index contributed by atoms with van der Waals surface area (Å²) in [4.78, 5) is 149. The van der Waals surface area contributed by atoms with E-state index in [-0.39, 0.29) is 63.1 Å². The Bertz CT molecular complexity index is 2280. The van der Waals surface area contributed by atoms with Gasteiger partial charge in [0.15, 0.2) is 0 Å². The van der Waals surface area contributed by atoms with E-state index in [9.17, 15) is 57.8 Å². The van der Waals surface area contributed by atoms with E-state index in [0.29, 0.717) is 36.9 Å². The number of phenolic OH excluding ortho intramolecular Hbond substituents is 1. The number of carbonyl (C=O) groups is 11. The summed E-state index contributed by atoms with van der Waals surface area (Å²) in [6.45, 7) is 0.0686. The van der Waals surface area contributed by atoms with Gasteiger partial charge in [-0.25, -0.2) is 0 Å². The highest BCUT2D eigenvalue weighted by atomic mass is 32.2. The largest absolute Gasteiger partial charge is 0.508 e. The summed E-state index contributed by atoms with van der Waals surface area (Å²) >= 11 is 0.977. The maximum Gasteiger partial charge on any atom is 0.246 e. The summed E-state index contributed by atoms with van der Waals surface area (Å²) < 4.78 is 3.04. The number of hydrogen-bond acceptors (Lipinski definition) is 15. The maximum absolute atomic E-state index is 14.5. The van der Waals surface area contributed by atoms with Gasteiger partial charge in [0.25, 0.3) is 0 Å². The van der Waals surface area contributed by atoms with Gasteiger partial charge in [-0.1, -0.05) is 54.4 Å². The minimum Gasteiger partial charge on any atom is -0.508 e. The fourth-order valence-corrected chi connectivity index (χ4v) is 8.80. The first-order valence-electron chi connectivity index (χ1n) is 24.0. The van der Waals surface area contributed by atoms with Crippen LogP contribution in [0.2, 0.25) is 0 Å².